The Labute approximate surface area is 146 Å². The van der Waals surface area contributed by atoms with Crippen molar-refractivity contribution in [3.63, 3.8) is 0 Å². The van der Waals surface area contributed by atoms with Gasteiger partial charge in [-0.05, 0) is 25.5 Å². The number of amides is 2. The first kappa shape index (κ1) is 17.2. The summed E-state index contributed by atoms with van der Waals surface area (Å²) in [5.41, 5.74) is 0.666. The molecule has 0 radical (unpaired) electrons. The summed E-state index contributed by atoms with van der Waals surface area (Å²) < 4.78 is 15.6. The van der Waals surface area contributed by atoms with Gasteiger partial charge in [0.25, 0.3) is 5.89 Å². The van der Waals surface area contributed by atoms with Crippen LogP contribution in [-0.4, -0.2) is 47.9 Å². The maximum Gasteiger partial charge on any atom is 0.321 e. The molecule has 2 amide bonds. The van der Waals surface area contributed by atoms with E-state index < -0.39 is 0 Å². The molecule has 1 atom stereocenters. The molecule has 0 saturated carbocycles. The zero-order valence-electron chi connectivity index (χ0n) is 14.4. The van der Waals surface area contributed by atoms with Crippen LogP contribution in [0.15, 0.2) is 28.8 Å². The molecule has 0 spiro atoms. The Hall–Kier alpha value is -2.61. The molecule has 25 heavy (non-hydrogen) atoms. The molecule has 2 aromatic rings. The summed E-state index contributed by atoms with van der Waals surface area (Å²) in [6.07, 6.45) is 0.798. The van der Waals surface area contributed by atoms with Gasteiger partial charge in [-0.1, -0.05) is 17.3 Å². The average Bonchev–Trinajstić information content (AvgIpc) is 3.26. The van der Waals surface area contributed by atoms with Crippen molar-refractivity contribution in [1.29, 1.82) is 0 Å². The largest absolute Gasteiger partial charge is 0.492 e. The Morgan fingerprint density at radius 1 is 1.44 bits per heavy atom. The fourth-order valence-corrected chi connectivity index (χ4v) is 2.82. The van der Waals surface area contributed by atoms with Gasteiger partial charge >= 0.3 is 6.03 Å². The summed E-state index contributed by atoms with van der Waals surface area (Å²) in [6, 6.07) is 7.24. The number of ether oxygens (including phenoxy) is 2. The van der Waals surface area contributed by atoms with E-state index in [0.29, 0.717) is 42.8 Å². The summed E-state index contributed by atoms with van der Waals surface area (Å²) in [7, 11) is 1.58. The highest BCUT2D eigenvalue weighted by Gasteiger charge is 2.30. The molecule has 8 heteroatoms. The lowest BCUT2D eigenvalue weighted by Crippen LogP contribution is -2.33. The first-order chi connectivity index (χ1) is 12.2. The third-order valence-corrected chi connectivity index (χ3v) is 4.02. The smallest absolute Gasteiger partial charge is 0.321 e. The Bertz CT molecular complexity index is 718. The monoisotopic (exact) mass is 346 g/mol. The number of methoxy groups -OCH3 is 1. The topological polar surface area (TPSA) is 89.7 Å². The van der Waals surface area contributed by atoms with Crippen LogP contribution in [0.25, 0.3) is 0 Å². The van der Waals surface area contributed by atoms with Crippen molar-refractivity contribution in [3.05, 3.63) is 36.0 Å². The van der Waals surface area contributed by atoms with Crippen molar-refractivity contribution in [2.24, 2.45) is 0 Å². The van der Waals surface area contributed by atoms with Crippen molar-refractivity contribution < 1.29 is 18.8 Å². The van der Waals surface area contributed by atoms with E-state index in [1.54, 1.807) is 12.0 Å². The van der Waals surface area contributed by atoms with E-state index in [-0.39, 0.29) is 18.6 Å². The molecular formula is C17H22N4O4. The van der Waals surface area contributed by atoms with Gasteiger partial charge in [-0.25, -0.2) is 4.79 Å². The van der Waals surface area contributed by atoms with Crippen molar-refractivity contribution in [2.45, 2.75) is 25.9 Å². The molecular weight excluding hydrogens is 324 g/mol. The molecule has 3 rings (SSSR count). The van der Waals surface area contributed by atoms with Crippen LogP contribution in [0.3, 0.4) is 0 Å². The Morgan fingerprint density at radius 2 is 2.28 bits per heavy atom. The Kier molecular flexibility index (Phi) is 5.49. The van der Waals surface area contributed by atoms with Crippen LogP contribution in [-0.2, 0) is 11.3 Å². The van der Waals surface area contributed by atoms with E-state index in [9.17, 15) is 4.79 Å². The average molecular weight is 346 g/mol. The molecule has 1 aliphatic heterocycles. The van der Waals surface area contributed by atoms with E-state index in [1.807, 2.05) is 31.2 Å². The van der Waals surface area contributed by atoms with Crippen LogP contribution in [0.1, 0.15) is 31.0 Å². The number of hydrogen-bond donors (Lipinski definition) is 1. The first-order valence-corrected chi connectivity index (χ1v) is 8.30. The number of aromatic nitrogens is 2. The number of para-hydroxylation sites is 2. The van der Waals surface area contributed by atoms with Crippen molar-refractivity contribution >= 4 is 11.7 Å². The lowest BCUT2D eigenvalue weighted by atomic mass is 10.1. The molecule has 0 aliphatic carbocycles. The van der Waals surface area contributed by atoms with Gasteiger partial charge in [-0.2, -0.15) is 4.98 Å². The zero-order chi connectivity index (χ0) is 17.6. The van der Waals surface area contributed by atoms with E-state index in [4.69, 9.17) is 14.0 Å². The lowest BCUT2D eigenvalue weighted by molar-refractivity contribution is 0.151. The molecule has 1 saturated heterocycles. The van der Waals surface area contributed by atoms with Crippen LogP contribution in [0.2, 0.25) is 0 Å². The van der Waals surface area contributed by atoms with Gasteiger partial charge in [0.15, 0.2) is 5.82 Å². The number of carbonyl (C=O) groups is 1. The minimum atomic E-state index is -0.157. The number of likely N-dealkylation sites (tertiary alicyclic amines) is 1. The number of urea groups is 1. The van der Waals surface area contributed by atoms with Crippen molar-refractivity contribution in [1.82, 2.24) is 15.0 Å². The molecule has 1 aliphatic rings. The van der Waals surface area contributed by atoms with Gasteiger partial charge in [0, 0.05) is 26.1 Å². The lowest BCUT2D eigenvalue weighted by Gasteiger charge is -2.18. The fraction of sp³-hybridized carbons (Fsp3) is 0.471. The Balaban J connectivity index is 1.60. The summed E-state index contributed by atoms with van der Waals surface area (Å²) in [5.74, 6) is 1.81. The molecule has 1 fully saturated rings. The van der Waals surface area contributed by atoms with Gasteiger partial charge in [-0.15, -0.1) is 0 Å². The molecule has 0 bridgehead atoms. The molecule has 134 valence electrons. The number of hydrogen-bond acceptors (Lipinski definition) is 6. The SMILES string of the molecule is CCOc1ccccc1NC(=O)N1CCC(c2noc(COC)n2)C1. The first-order valence-electron chi connectivity index (χ1n) is 8.30. The molecule has 1 aromatic heterocycles. The maximum atomic E-state index is 12.5. The molecule has 1 aromatic carbocycles. The third kappa shape index (κ3) is 4.08. The molecule has 8 nitrogen and oxygen atoms in total. The number of carbonyl (C=O) groups excluding carboxylic acids is 1. The maximum absolute atomic E-state index is 12.5. The molecule has 1 unspecified atom stereocenters. The summed E-state index contributed by atoms with van der Waals surface area (Å²) in [6.45, 7) is 3.93. The summed E-state index contributed by atoms with van der Waals surface area (Å²) >= 11 is 0. The highest BCUT2D eigenvalue weighted by molar-refractivity contribution is 5.91. The normalized spacial score (nSPS) is 16.9. The predicted molar refractivity (Wildman–Crippen MR) is 90.6 cm³/mol. The van der Waals surface area contributed by atoms with Crippen LogP contribution in [0, 0.1) is 0 Å². The quantitative estimate of drug-likeness (QED) is 0.865. The van der Waals surface area contributed by atoms with Crippen LogP contribution in [0.5, 0.6) is 5.75 Å². The van der Waals surface area contributed by atoms with Gasteiger partial charge in [0.05, 0.1) is 12.3 Å². The second-order valence-corrected chi connectivity index (χ2v) is 5.77. The van der Waals surface area contributed by atoms with Crippen molar-refractivity contribution in [2.75, 3.05) is 32.1 Å². The molecule has 1 N–H and O–H groups in total. The number of benzene rings is 1. The van der Waals surface area contributed by atoms with E-state index in [0.717, 1.165) is 6.42 Å². The number of rotatable bonds is 6. The van der Waals surface area contributed by atoms with E-state index in [2.05, 4.69) is 15.5 Å². The van der Waals surface area contributed by atoms with Crippen LogP contribution < -0.4 is 10.1 Å². The molecule has 2 heterocycles. The minimum Gasteiger partial charge on any atom is -0.492 e. The standard InChI is InChI=1S/C17H22N4O4/c1-3-24-14-7-5-4-6-13(14)18-17(22)21-9-8-12(10-21)16-19-15(11-23-2)25-20-16/h4-7,12H,3,8-11H2,1-2H3,(H,18,22). The van der Waals surface area contributed by atoms with Crippen LogP contribution in [0.4, 0.5) is 10.5 Å². The summed E-state index contributed by atoms with van der Waals surface area (Å²) in [5, 5.41) is 6.90. The van der Waals surface area contributed by atoms with Crippen LogP contribution >= 0.6 is 0 Å². The summed E-state index contributed by atoms with van der Waals surface area (Å²) in [4.78, 5) is 18.6. The highest BCUT2D eigenvalue weighted by atomic mass is 16.5. The van der Waals surface area contributed by atoms with Gasteiger partial charge in [0.1, 0.15) is 12.4 Å². The predicted octanol–water partition coefficient (Wildman–Crippen LogP) is 2.64. The highest BCUT2D eigenvalue weighted by Crippen LogP contribution is 2.28. The van der Waals surface area contributed by atoms with Crippen molar-refractivity contribution in [3.8, 4) is 5.75 Å². The van der Waals surface area contributed by atoms with Gasteiger partial charge in [0.2, 0.25) is 0 Å². The van der Waals surface area contributed by atoms with Gasteiger partial charge < -0.3 is 24.2 Å². The Morgan fingerprint density at radius 3 is 3.08 bits per heavy atom. The second-order valence-electron chi connectivity index (χ2n) is 5.77. The zero-order valence-corrected chi connectivity index (χ0v) is 14.4. The second kappa shape index (κ2) is 7.98. The number of anilines is 1. The van der Waals surface area contributed by atoms with Gasteiger partial charge in [-0.3, -0.25) is 0 Å². The fourth-order valence-electron chi connectivity index (χ4n) is 2.82. The number of nitrogens with one attached hydrogen (secondary N) is 1. The van der Waals surface area contributed by atoms with E-state index in [1.165, 1.54) is 0 Å². The number of nitrogens with zero attached hydrogens (tertiary/aromatic N) is 3. The van der Waals surface area contributed by atoms with E-state index >= 15 is 0 Å². The minimum absolute atomic E-state index is 0.0715. The third-order valence-electron chi connectivity index (χ3n) is 4.02.